The van der Waals surface area contributed by atoms with Gasteiger partial charge in [-0.15, -0.1) is 24.2 Å². The fourth-order valence-electron chi connectivity index (χ4n) is 3.80. The normalized spacial score (nSPS) is 36.9. The van der Waals surface area contributed by atoms with Gasteiger partial charge < -0.3 is 5.32 Å². The summed E-state index contributed by atoms with van der Waals surface area (Å²) in [6.07, 6.45) is 14.0. The molecule has 2 heterocycles. The van der Waals surface area contributed by atoms with Crippen LogP contribution in [0.4, 0.5) is 0 Å². The van der Waals surface area contributed by atoms with Crippen LogP contribution in [-0.4, -0.2) is 28.7 Å². The van der Waals surface area contributed by atoms with Gasteiger partial charge in [0, 0.05) is 18.0 Å². The molecule has 1 amide bonds. The minimum absolute atomic E-state index is 0. The molecule has 1 spiro atoms. The van der Waals surface area contributed by atoms with E-state index in [0.717, 1.165) is 31.4 Å². The number of aliphatic imine (C=N–C) groups is 1. The van der Waals surface area contributed by atoms with Crippen LogP contribution in [0.5, 0.6) is 0 Å². The fraction of sp³-hybridized carbons (Fsp3) is 0.625. The van der Waals surface area contributed by atoms with E-state index in [-0.39, 0.29) is 29.0 Å². The first-order valence-corrected chi connectivity index (χ1v) is 8.62. The van der Waals surface area contributed by atoms with Gasteiger partial charge in [0.2, 0.25) is 5.91 Å². The zero-order chi connectivity index (χ0) is 13.6. The molecule has 3 atom stereocenters. The third-order valence-electron chi connectivity index (χ3n) is 5.23. The van der Waals surface area contributed by atoms with Crippen molar-refractivity contribution in [2.75, 3.05) is 5.75 Å². The summed E-state index contributed by atoms with van der Waals surface area (Å²) in [7, 11) is 0. The number of halogens is 1. The minimum atomic E-state index is 0. The Morgan fingerprint density at radius 1 is 1.43 bits per heavy atom. The predicted octanol–water partition coefficient (Wildman–Crippen LogP) is 3.11. The summed E-state index contributed by atoms with van der Waals surface area (Å²) in [5.41, 5.74) is 1.18. The number of hydrogen-bond acceptors (Lipinski definition) is 3. The number of amides is 1. The first-order valence-electron chi connectivity index (χ1n) is 7.64. The number of hydrogen-bond donors (Lipinski definition) is 1. The van der Waals surface area contributed by atoms with Crippen molar-refractivity contribution < 1.29 is 4.79 Å². The molecule has 0 radical (unpaired) electrons. The van der Waals surface area contributed by atoms with Gasteiger partial charge in [-0.25, -0.2) is 0 Å². The van der Waals surface area contributed by atoms with Crippen molar-refractivity contribution in [3.63, 3.8) is 0 Å². The van der Waals surface area contributed by atoms with Crippen LogP contribution in [0.25, 0.3) is 0 Å². The molecule has 2 fully saturated rings. The maximum absolute atomic E-state index is 12.6. The molecule has 21 heavy (non-hydrogen) atoms. The van der Waals surface area contributed by atoms with Gasteiger partial charge in [0.15, 0.2) is 0 Å². The van der Waals surface area contributed by atoms with Gasteiger partial charge in [0.25, 0.3) is 0 Å². The molecule has 1 saturated heterocycles. The molecule has 4 rings (SSSR count). The molecule has 1 N–H and O–H groups in total. The quantitative estimate of drug-likeness (QED) is 0.848. The lowest BCUT2D eigenvalue weighted by molar-refractivity contribution is -0.127. The Labute approximate surface area is 136 Å². The van der Waals surface area contributed by atoms with E-state index in [1.165, 1.54) is 12.1 Å². The van der Waals surface area contributed by atoms with Crippen LogP contribution in [0.2, 0.25) is 0 Å². The maximum Gasteiger partial charge on any atom is 0.224 e. The van der Waals surface area contributed by atoms with Crippen LogP contribution in [0, 0.1) is 11.8 Å². The Kier molecular flexibility index (Phi) is 4.19. The summed E-state index contributed by atoms with van der Waals surface area (Å²) in [5.74, 6) is 1.80. The fourth-order valence-corrected chi connectivity index (χ4v) is 5.62. The lowest BCUT2D eigenvalue weighted by atomic mass is 9.73. The zero-order valence-electron chi connectivity index (χ0n) is 12.0. The Morgan fingerprint density at radius 3 is 3.05 bits per heavy atom. The van der Waals surface area contributed by atoms with Gasteiger partial charge in [-0.05, 0) is 44.1 Å². The molecule has 1 saturated carbocycles. The molecule has 0 bridgehead atoms. The second-order valence-corrected chi connectivity index (χ2v) is 7.63. The second kappa shape index (κ2) is 5.81. The van der Waals surface area contributed by atoms with Gasteiger partial charge >= 0.3 is 0 Å². The summed E-state index contributed by atoms with van der Waals surface area (Å²) in [5, 5.41) is 3.25. The smallest absolute Gasteiger partial charge is 0.224 e. The number of nitrogens with zero attached hydrogens (tertiary/aromatic N) is 1. The van der Waals surface area contributed by atoms with Gasteiger partial charge in [0.05, 0.1) is 16.4 Å². The van der Waals surface area contributed by atoms with Crippen molar-refractivity contribution in [2.24, 2.45) is 16.8 Å². The standard InChI is InChI=1S/C16H20N2OS.ClH/c19-15(18-11-4-3-5-11)12-10-20-16-8-2-1-6-14(16)17-9-7-13(12)16;/h1-2,6,9,11-13H,3-5,7-8,10H2,(H,18,19);1H. The lowest BCUT2D eigenvalue weighted by Gasteiger charge is -2.39. The van der Waals surface area contributed by atoms with Crippen molar-refractivity contribution in [3.05, 3.63) is 23.9 Å². The topological polar surface area (TPSA) is 41.5 Å². The highest BCUT2D eigenvalue weighted by atomic mass is 35.5. The number of carbonyl (C=O) groups is 1. The summed E-state index contributed by atoms with van der Waals surface area (Å²) in [4.78, 5) is 17.2. The van der Waals surface area contributed by atoms with Crippen LogP contribution in [0.1, 0.15) is 32.1 Å². The molecule has 5 heteroatoms. The number of rotatable bonds is 2. The van der Waals surface area contributed by atoms with Gasteiger partial charge in [-0.2, -0.15) is 0 Å². The molecule has 0 aromatic carbocycles. The molecule has 0 aromatic rings. The summed E-state index contributed by atoms with van der Waals surface area (Å²) < 4.78 is 0.0745. The van der Waals surface area contributed by atoms with Crippen LogP contribution in [0.3, 0.4) is 0 Å². The highest BCUT2D eigenvalue weighted by Crippen LogP contribution is 2.57. The highest BCUT2D eigenvalue weighted by Gasteiger charge is 2.54. The Balaban J connectivity index is 0.00000132. The van der Waals surface area contributed by atoms with E-state index in [9.17, 15) is 4.79 Å². The summed E-state index contributed by atoms with van der Waals surface area (Å²) in [6, 6.07) is 0.447. The monoisotopic (exact) mass is 324 g/mol. The Hall–Kier alpha value is -0.740. The third kappa shape index (κ3) is 2.36. The number of nitrogens with one attached hydrogen (secondary N) is 1. The van der Waals surface area contributed by atoms with Crippen molar-refractivity contribution in [3.8, 4) is 0 Å². The van der Waals surface area contributed by atoms with Gasteiger partial charge in [-0.3, -0.25) is 9.79 Å². The van der Waals surface area contributed by atoms with E-state index >= 15 is 0 Å². The van der Waals surface area contributed by atoms with Crippen LogP contribution < -0.4 is 5.32 Å². The van der Waals surface area contributed by atoms with Crippen LogP contribution in [-0.2, 0) is 4.79 Å². The molecule has 114 valence electrons. The van der Waals surface area contributed by atoms with E-state index in [0.29, 0.717) is 12.0 Å². The average molecular weight is 325 g/mol. The SMILES string of the molecule is Cl.O=C(NC1CCC1)C1CSC23CC=CC=C2N=CCC13. The molecule has 2 aliphatic heterocycles. The first kappa shape index (κ1) is 15.2. The molecule has 4 aliphatic rings. The second-order valence-electron chi connectivity index (χ2n) is 6.28. The maximum atomic E-state index is 12.6. The lowest BCUT2D eigenvalue weighted by Crippen LogP contribution is -2.47. The average Bonchev–Trinajstić information content (AvgIpc) is 2.80. The Bertz CT molecular complexity index is 526. The number of allylic oxidation sites excluding steroid dienone is 3. The molecular weight excluding hydrogens is 304 g/mol. The van der Waals surface area contributed by atoms with E-state index < -0.39 is 0 Å². The Morgan fingerprint density at radius 2 is 2.29 bits per heavy atom. The van der Waals surface area contributed by atoms with E-state index in [1.54, 1.807) is 0 Å². The molecular formula is C16H21ClN2OS. The summed E-state index contributed by atoms with van der Waals surface area (Å²) in [6.45, 7) is 0. The van der Waals surface area contributed by atoms with E-state index in [2.05, 4.69) is 28.5 Å². The third-order valence-corrected chi connectivity index (χ3v) is 6.95. The highest BCUT2D eigenvalue weighted by molar-refractivity contribution is 8.01. The molecule has 2 aliphatic carbocycles. The van der Waals surface area contributed by atoms with Crippen LogP contribution in [0.15, 0.2) is 28.9 Å². The van der Waals surface area contributed by atoms with Crippen molar-refractivity contribution in [1.82, 2.24) is 5.32 Å². The van der Waals surface area contributed by atoms with Gasteiger partial charge in [-0.1, -0.05) is 12.2 Å². The van der Waals surface area contributed by atoms with E-state index in [4.69, 9.17) is 0 Å². The number of carbonyl (C=O) groups excluding carboxylic acids is 1. The van der Waals surface area contributed by atoms with Crippen LogP contribution >= 0.6 is 24.2 Å². The zero-order valence-corrected chi connectivity index (χ0v) is 13.6. The van der Waals surface area contributed by atoms with E-state index in [1.807, 2.05) is 18.0 Å². The summed E-state index contributed by atoms with van der Waals surface area (Å²) >= 11 is 1.95. The molecule has 3 unspecified atom stereocenters. The predicted molar refractivity (Wildman–Crippen MR) is 90.1 cm³/mol. The van der Waals surface area contributed by atoms with Gasteiger partial charge in [0.1, 0.15) is 0 Å². The molecule has 3 nitrogen and oxygen atoms in total. The largest absolute Gasteiger partial charge is 0.353 e. The van der Waals surface area contributed by atoms with Crippen molar-refractivity contribution in [1.29, 1.82) is 0 Å². The first-order chi connectivity index (χ1) is 9.79. The minimum Gasteiger partial charge on any atom is -0.353 e. The van der Waals surface area contributed by atoms with Crippen molar-refractivity contribution >= 4 is 36.3 Å². The molecule has 0 aromatic heterocycles. The van der Waals surface area contributed by atoms with Crippen molar-refractivity contribution in [2.45, 2.75) is 42.9 Å². The number of thioether (sulfide) groups is 1.